The molecule has 1 aliphatic heterocycles. The predicted molar refractivity (Wildman–Crippen MR) is 114 cm³/mol. The molecule has 0 saturated carbocycles. The molecule has 28 heavy (non-hydrogen) atoms. The summed E-state index contributed by atoms with van der Waals surface area (Å²) >= 11 is 13.4. The van der Waals surface area contributed by atoms with Gasteiger partial charge in [0.25, 0.3) is 0 Å². The van der Waals surface area contributed by atoms with Crippen LogP contribution in [0, 0.1) is 0 Å². The highest BCUT2D eigenvalue weighted by Gasteiger charge is 2.37. The summed E-state index contributed by atoms with van der Waals surface area (Å²) in [6, 6.07) is 14.0. The molecule has 3 rings (SSSR count). The molecule has 2 aromatic carbocycles. The second-order valence-corrected chi connectivity index (χ2v) is 8.25. The van der Waals surface area contributed by atoms with Crippen molar-refractivity contribution in [3.63, 3.8) is 0 Å². The molecular formula is C20H20Cl2N2O3S. The number of nitrogens with zero attached hydrogens (tertiary/aromatic N) is 1. The largest absolute Gasteiger partial charge is 0.447 e. The molecule has 1 fully saturated rings. The number of rotatable bonds is 6. The molecule has 0 unspecified atom stereocenters. The lowest BCUT2D eigenvalue weighted by Crippen LogP contribution is -2.41. The van der Waals surface area contributed by atoms with Crippen molar-refractivity contribution in [2.24, 2.45) is 0 Å². The quantitative estimate of drug-likeness (QED) is 0.637. The highest BCUT2D eigenvalue weighted by molar-refractivity contribution is 8.00. The van der Waals surface area contributed by atoms with E-state index >= 15 is 0 Å². The van der Waals surface area contributed by atoms with Crippen LogP contribution in [0.5, 0.6) is 0 Å². The van der Waals surface area contributed by atoms with Gasteiger partial charge in [-0.1, -0.05) is 42.3 Å². The monoisotopic (exact) mass is 438 g/mol. The van der Waals surface area contributed by atoms with E-state index in [-0.39, 0.29) is 23.9 Å². The Morgan fingerprint density at radius 3 is 2.39 bits per heavy atom. The van der Waals surface area contributed by atoms with E-state index in [1.807, 2.05) is 36.1 Å². The molecule has 1 heterocycles. The topological polar surface area (TPSA) is 58.6 Å². The van der Waals surface area contributed by atoms with Crippen LogP contribution in [0.3, 0.4) is 0 Å². The lowest BCUT2D eigenvalue weighted by Gasteiger charge is -2.32. The highest BCUT2D eigenvalue weighted by Crippen LogP contribution is 2.40. The van der Waals surface area contributed by atoms with E-state index in [2.05, 4.69) is 5.32 Å². The van der Waals surface area contributed by atoms with Crippen molar-refractivity contribution in [2.75, 3.05) is 17.7 Å². The molecule has 2 aromatic rings. The van der Waals surface area contributed by atoms with Gasteiger partial charge in [0.05, 0.1) is 11.8 Å². The van der Waals surface area contributed by atoms with Crippen LogP contribution in [0.1, 0.15) is 24.3 Å². The zero-order valence-corrected chi connectivity index (χ0v) is 17.6. The van der Waals surface area contributed by atoms with Gasteiger partial charge in [0.2, 0.25) is 5.91 Å². The van der Waals surface area contributed by atoms with Crippen LogP contribution >= 0.6 is 35.0 Å². The first-order valence-electron chi connectivity index (χ1n) is 8.85. The Hall–Kier alpha value is -1.89. The molecule has 8 heteroatoms. The molecule has 148 valence electrons. The Labute approximate surface area is 178 Å². The lowest BCUT2D eigenvalue weighted by molar-refractivity contribution is -0.131. The minimum atomic E-state index is -0.567. The summed E-state index contributed by atoms with van der Waals surface area (Å²) in [5.41, 5.74) is 1.60. The van der Waals surface area contributed by atoms with Crippen molar-refractivity contribution in [2.45, 2.75) is 24.8 Å². The maximum absolute atomic E-state index is 12.5. The third-order valence-corrected chi connectivity index (χ3v) is 6.16. The number of thioether (sulfide) groups is 1. The normalized spacial score (nSPS) is 17.5. The van der Waals surface area contributed by atoms with Crippen molar-refractivity contribution >= 4 is 52.7 Å². The van der Waals surface area contributed by atoms with Gasteiger partial charge >= 0.3 is 6.09 Å². The third kappa shape index (κ3) is 5.13. The average Bonchev–Trinajstić information content (AvgIpc) is 3.06. The van der Waals surface area contributed by atoms with E-state index in [0.29, 0.717) is 27.9 Å². The molecular weight excluding hydrogens is 419 g/mol. The fourth-order valence-electron chi connectivity index (χ4n) is 2.97. The zero-order valence-electron chi connectivity index (χ0n) is 15.2. The van der Waals surface area contributed by atoms with E-state index in [0.717, 1.165) is 5.56 Å². The second-order valence-electron chi connectivity index (χ2n) is 6.31. The van der Waals surface area contributed by atoms with Crippen LogP contribution in [-0.2, 0) is 9.53 Å². The number of anilines is 1. The number of ether oxygens (including phenoxy) is 1. The molecule has 2 atom stereocenters. The summed E-state index contributed by atoms with van der Waals surface area (Å²) in [5.74, 6) is 0.444. The first-order chi connectivity index (χ1) is 13.5. The van der Waals surface area contributed by atoms with Crippen molar-refractivity contribution < 1.29 is 14.3 Å². The van der Waals surface area contributed by atoms with Gasteiger partial charge in [-0.3, -0.25) is 10.1 Å². The molecule has 1 saturated heterocycles. The summed E-state index contributed by atoms with van der Waals surface area (Å²) in [7, 11) is 0. The summed E-state index contributed by atoms with van der Waals surface area (Å²) in [5, 5.41) is 3.78. The van der Waals surface area contributed by atoms with Crippen molar-refractivity contribution in [1.82, 2.24) is 4.90 Å². The predicted octanol–water partition coefficient (Wildman–Crippen LogP) is 5.59. The minimum Gasteiger partial charge on any atom is -0.447 e. The van der Waals surface area contributed by atoms with E-state index in [1.165, 1.54) is 0 Å². The van der Waals surface area contributed by atoms with E-state index < -0.39 is 6.09 Å². The van der Waals surface area contributed by atoms with Crippen molar-refractivity contribution in [1.29, 1.82) is 0 Å². The molecule has 1 N–H and O–H groups in total. The summed E-state index contributed by atoms with van der Waals surface area (Å²) < 4.78 is 5.39. The van der Waals surface area contributed by atoms with Gasteiger partial charge in [-0.2, -0.15) is 0 Å². The van der Waals surface area contributed by atoms with Crippen LogP contribution in [0.2, 0.25) is 10.0 Å². The molecule has 0 radical (unpaired) electrons. The van der Waals surface area contributed by atoms with Gasteiger partial charge in [-0.15, -0.1) is 11.8 Å². The standard InChI is InChI=1S/C20H20Cl2N2O3S/c1-2-17(11-27-20(26)23-16-9-7-15(22)8-10-16)24-18(25)12-28-19(24)13-3-5-14(21)6-4-13/h3-10,17,19H,2,11-12H2,1H3,(H,23,26)/t17-,19-/m1/s1. The average molecular weight is 439 g/mol. The highest BCUT2D eigenvalue weighted by atomic mass is 35.5. The van der Waals surface area contributed by atoms with Crippen molar-refractivity contribution in [3.05, 3.63) is 64.1 Å². The lowest BCUT2D eigenvalue weighted by atomic mass is 10.1. The number of carbonyl (C=O) groups excluding carboxylic acids is 2. The number of amides is 2. The molecule has 0 bridgehead atoms. The fraction of sp³-hybridized carbons (Fsp3) is 0.300. The first kappa shape index (κ1) is 20.8. The molecule has 5 nitrogen and oxygen atoms in total. The maximum Gasteiger partial charge on any atom is 0.411 e. The number of hydrogen-bond donors (Lipinski definition) is 1. The number of hydrogen-bond acceptors (Lipinski definition) is 4. The van der Waals surface area contributed by atoms with E-state index in [4.69, 9.17) is 27.9 Å². The molecule has 1 aliphatic rings. The maximum atomic E-state index is 12.5. The smallest absolute Gasteiger partial charge is 0.411 e. The Kier molecular flexibility index (Phi) is 7.10. The Morgan fingerprint density at radius 1 is 1.18 bits per heavy atom. The van der Waals surface area contributed by atoms with Gasteiger partial charge in [0.1, 0.15) is 12.0 Å². The number of halogens is 2. The number of benzene rings is 2. The van der Waals surface area contributed by atoms with Gasteiger partial charge in [0, 0.05) is 15.7 Å². The van der Waals surface area contributed by atoms with Gasteiger partial charge < -0.3 is 9.64 Å². The van der Waals surface area contributed by atoms with Crippen LogP contribution in [0.4, 0.5) is 10.5 Å². The van der Waals surface area contributed by atoms with Crippen LogP contribution < -0.4 is 5.32 Å². The number of carbonyl (C=O) groups is 2. The minimum absolute atomic E-state index is 0.0403. The number of nitrogens with one attached hydrogen (secondary N) is 1. The summed E-state index contributed by atoms with van der Waals surface area (Å²) in [6.45, 7) is 2.09. The van der Waals surface area contributed by atoms with E-state index in [1.54, 1.807) is 36.0 Å². The van der Waals surface area contributed by atoms with Gasteiger partial charge in [0.15, 0.2) is 0 Å². The first-order valence-corrected chi connectivity index (χ1v) is 10.7. The zero-order chi connectivity index (χ0) is 20.1. The summed E-state index contributed by atoms with van der Waals surface area (Å²) in [6.07, 6.45) is 0.105. The summed E-state index contributed by atoms with van der Waals surface area (Å²) in [4.78, 5) is 26.4. The van der Waals surface area contributed by atoms with Gasteiger partial charge in [-0.25, -0.2) is 4.79 Å². The molecule has 0 aromatic heterocycles. The molecule has 0 spiro atoms. The Balaban J connectivity index is 1.63. The van der Waals surface area contributed by atoms with Crippen molar-refractivity contribution in [3.8, 4) is 0 Å². The third-order valence-electron chi connectivity index (χ3n) is 4.42. The molecule has 2 amide bonds. The van der Waals surface area contributed by atoms with Crippen LogP contribution in [-0.4, -0.2) is 35.3 Å². The Bertz CT molecular complexity index is 830. The van der Waals surface area contributed by atoms with Gasteiger partial charge in [-0.05, 0) is 48.4 Å². The molecule has 0 aliphatic carbocycles. The van der Waals surface area contributed by atoms with Crippen LogP contribution in [0.15, 0.2) is 48.5 Å². The van der Waals surface area contributed by atoms with E-state index in [9.17, 15) is 9.59 Å². The fourth-order valence-corrected chi connectivity index (χ4v) is 4.47. The Morgan fingerprint density at radius 2 is 1.79 bits per heavy atom. The van der Waals surface area contributed by atoms with Crippen LogP contribution in [0.25, 0.3) is 0 Å². The SMILES string of the molecule is CC[C@H](COC(=O)Nc1ccc(Cl)cc1)N1C(=O)CS[C@@H]1c1ccc(Cl)cc1. The second kappa shape index (κ2) is 9.54.